The third-order valence-electron chi connectivity index (χ3n) is 5.00. The molecule has 2 amide bonds. The number of rotatable bonds is 11. The molecule has 0 fully saturated rings. The van der Waals surface area contributed by atoms with E-state index in [9.17, 15) is 9.59 Å². The molecule has 0 saturated carbocycles. The van der Waals surface area contributed by atoms with E-state index in [1.54, 1.807) is 29.4 Å². The Labute approximate surface area is 189 Å². The van der Waals surface area contributed by atoms with Crippen LogP contribution in [-0.2, 0) is 22.6 Å². The fraction of sp³-hybridized carbons (Fsp3) is 0.185. The van der Waals surface area contributed by atoms with E-state index in [4.69, 9.17) is 4.42 Å². The quantitative estimate of drug-likeness (QED) is 0.332. The van der Waals surface area contributed by atoms with Crippen molar-refractivity contribution in [3.63, 3.8) is 0 Å². The fourth-order valence-corrected chi connectivity index (χ4v) is 3.28. The van der Waals surface area contributed by atoms with Gasteiger partial charge in [0, 0.05) is 19.2 Å². The molecule has 3 aromatic rings. The van der Waals surface area contributed by atoms with Gasteiger partial charge in [-0.1, -0.05) is 66.7 Å². The number of hydrogen-bond donors (Lipinski definition) is 0. The SMILES string of the molecule is C=CCN(CC(=O)N(CCc1ccccc1)Cc1ccco1)C(=O)C=Cc1ccccc1. The minimum atomic E-state index is -0.233. The van der Waals surface area contributed by atoms with Crippen LogP contribution in [0.5, 0.6) is 0 Å². The molecule has 32 heavy (non-hydrogen) atoms. The van der Waals surface area contributed by atoms with E-state index in [-0.39, 0.29) is 24.9 Å². The number of furan rings is 1. The van der Waals surface area contributed by atoms with Gasteiger partial charge in [0.2, 0.25) is 11.8 Å². The van der Waals surface area contributed by atoms with E-state index in [0.717, 1.165) is 17.5 Å². The molecule has 0 spiro atoms. The first-order valence-corrected chi connectivity index (χ1v) is 10.6. The van der Waals surface area contributed by atoms with Gasteiger partial charge in [-0.05, 0) is 35.8 Å². The monoisotopic (exact) mass is 428 g/mol. The average molecular weight is 429 g/mol. The molecule has 2 aromatic carbocycles. The van der Waals surface area contributed by atoms with Crippen LogP contribution in [0.3, 0.4) is 0 Å². The molecular formula is C27H28N2O3. The molecule has 0 aliphatic carbocycles. The summed E-state index contributed by atoms with van der Waals surface area (Å²) >= 11 is 0. The highest BCUT2D eigenvalue weighted by Crippen LogP contribution is 2.10. The Bertz CT molecular complexity index is 1010. The largest absolute Gasteiger partial charge is 0.467 e. The van der Waals surface area contributed by atoms with Crippen molar-refractivity contribution in [1.29, 1.82) is 0 Å². The second kappa shape index (κ2) is 12.1. The molecule has 0 bridgehead atoms. The van der Waals surface area contributed by atoms with Crippen LogP contribution in [0.25, 0.3) is 6.08 Å². The highest BCUT2D eigenvalue weighted by Gasteiger charge is 2.20. The van der Waals surface area contributed by atoms with Gasteiger partial charge in [-0.15, -0.1) is 6.58 Å². The predicted octanol–water partition coefficient (Wildman–Crippen LogP) is 4.58. The summed E-state index contributed by atoms with van der Waals surface area (Å²) in [4.78, 5) is 29.2. The summed E-state index contributed by atoms with van der Waals surface area (Å²) in [6.45, 7) is 4.88. The number of carbonyl (C=O) groups excluding carboxylic acids is 2. The Morgan fingerprint density at radius 2 is 1.62 bits per heavy atom. The number of carbonyl (C=O) groups is 2. The van der Waals surface area contributed by atoms with Crippen molar-refractivity contribution >= 4 is 17.9 Å². The standard InChI is InChI=1S/C27H28N2O3/c1-2-18-28(26(30)16-15-23-10-5-3-6-11-23)22-27(31)29(21-25-14-9-20-32-25)19-17-24-12-7-4-8-13-24/h2-16,20H,1,17-19,21-22H2. The molecule has 0 saturated heterocycles. The number of benzene rings is 2. The highest BCUT2D eigenvalue weighted by atomic mass is 16.3. The normalized spacial score (nSPS) is 10.8. The Morgan fingerprint density at radius 3 is 2.28 bits per heavy atom. The van der Waals surface area contributed by atoms with Crippen LogP contribution in [0.4, 0.5) is 0 Å². The van der Waals surface area contributed by atoms with Crippen LogP contribution >= 0.6 is 0 Å². The molecular weight excluding hydrogens is 400 g/mol. The van der Waals surface area contributed by atoms with Gasteiger partial charge >= 0.3 is 0 Å². The molecule has 5 heteroatoms. The predicted molar refractivity (Wildman–Crippen MR) is 127 cm³/mol. The fourth-order valence-electron chi connectivity index (χ4n) is 3.28. The summed E-state index contributed by atoms with van der Waals surface area (Å²) in [5.41, 5.74) is 2.07. The maximum atomic E-state index is 13.2. The molecule has 164 valence electrons. The van der Waals surface area contributed by atoms with Crippen molar-refractivity contribution in [2.75, 3.05) is 19.6 Å². The third kappa shape index (κ3) is 7.13. The first kappa shape index (κ1) is 22.8. The summed E-state index contributed by atoms with van der Waals surface area (Å²) in [5, 5.41) is 0. The van der Waals surface area contributed by atoms with Crippen molar-refractivity contribution < 1.29 is 14.0 Å². The first-order valence-electron chi connectivity index (χ1n) is 10.6. The van der Waals surface area contributed by atoms with E-state index in [1.807, 2.05) is 66.7 Å². The summed E-state index contributed by atoms with van der Waals surface area (Å²) in [6, 6.07) is 23.2. The van der Waals surface area contributed by atoms with Gasteiger partial charge in [-0.3, -0.25) is 9.59 Å². The maximum Gasteiger partial charge on any atom is 0.247 e. The molecule has 0 atom stereocenters. The van der Waals surface area contributed by atoms with Gasteiger partial charge in [0.05, 0.1) is 12.8 Å². The molecule has 0 N–H and O–H groups in total. The molecule has 1 heterocycles. The minimum Gasteiger partial charge on any atom is -0.467 e. The molecule has 0 unspecified atom stereocenters. The molecule has 3 rings (SSSR count). The van der Waals surface area contributed by atoms with Gasteiger partial charge in [0.25, 0.3) is 0 Å². The molecule has 0 radical (unpaired) electrons. The highest BCUT2D eigenvalue weighted by molar-refractivity contribution is 5.94. The molecule has 0 aliphatic rings. The lowest BCUT2D eigenvalue weighted by Gasteiger charge is -2.26. The van der Waals surface area contributed by atoms with Gasteiger partial charge in [0.15, 0.2) is 0 Å². The van der Waals surface area contributed by atoms with Gasteiger partial charge in [-0.25, -0.2) is 0 Å². The maximum absolute atomic E-state index is 13.2. The Morgan fingerprint density at radius 1 is 0.906 bits per heavy atom. The molecule has 5 nitrogen and oxygen atoms in total. The Kier molecular flexibility index (Phi) is 8.63. The van der Waals surface area contributed by atoms with Crippen molar-refractivity contribution in [2.24, 2.45) is 0 Å². The minimum absolute atomic E-state index is 0.0283. The zero-order valence-corrected chi connectivity index (χ0v) is 18.1. The van der Waals surface area contributed by atoms with Gasteiger partial charge in [-0.2, -0.15) is 0 Å². The number of amides is 2. The van der Waals surface area contributed by atoms with Crippen molar-refractivity contribution in [3.8, 4) is 0 Å². The third-order valence-corrected chi connectivity index (χ3v) is 5.00. The van der Waals surface area contributed by atoms with E-state index in [2.05, 4.69) is 6.58 Å². The van der Waals surface area contributed by atoms with Crippen molar-refractivity contribution in [3.05, 3.63) is 115 Å². The number of hydrogen-bond acceptors (Lipinski definition) is 3. The lowest BCUT2D eigenvalue weighted by Crippen LogP contribution is -2.43. The van der Waals surface area contributed by atoms with E-state index in [1.165, 1.54) is 11.0 Å². The van der Waals surface area contributed by atoms with Crippen LogP contribution < -0.4 is 0 Å². The topological polar surface area (TPSA) is 53.8 Å². The Hall–Kier alpha value is -3.86. The second-order valence-electron chi connectivity index (χ2n) is 7.38. The zero-order valence-electron chi connectivity index (χ0n) is 18.1. The average Bonchev–Trinajstić information content (AvgIpc) is 3.34. The van der Waals surface area contributed by atoms with Gasteiger partial charge in [0.1, 0.15) is 12.3 Å². The van der Waals surface area contributed by atoms with Crippen molar-refractivity contribution in [2.45, 2.75) is 13.0 Å². The van der Waals surface area contributed by atoms with Crippen LogP contribution in [0.15, 0.2) is 102 Å². The number of nitrogens with zero attached hydrogens (tertiary/aromatic N) is 2. The lowest BCUT2D eigenvalue weighted by molar-refractivity contribution is -0.138. The summed E-state index contributed by atoms with van der Waals surface area (Å²) in [6.07, 6.45) is 7.18. The summed E-state index contributed by atoms with van der Waals surface area (Å²) in [7, 11) is 0. The second-order valence-corrected chi connectivity index (χ2v) is 7.38. The van der Waals surface area contributed by atoms with Gasteiger partial charge < -0.3 is 14.2 Å². The molecule has 1 aromatic heterocycles. The smallest absolute Gasteiger partial charge is 0.247 e. The molecule has 0 aliphatic heterocycles. The lowest BCUT2D eigenvalue weighted by atomic mass is 10.1. The van der Waals surface area contributed by atoms with E-state index < -0.39 is 0 Å². The van der Waals surface area contributed by atoms with Crippen molar-refractivity contribution in [1.82, 2.24) is 9.80 Å². The van der Waals surface area contributed by atoms with Crippen LogP contribution in [0.1, 0.15) is 16.9 Å². The zero-order chi connectivity index (χ0) is 22.6. The summed E-state index contributed by atoms with van der Waals surface area (Å²) < 4.78 is 5.45. The summed E-state index contributed by atoms with van der Waals surface area (Å²) in [5.74, 6) is 0.334. The van der Waals surface area contributed by atoms with Crippen LogP contribution in [-0.4, -0.2) is 41.2 Å². The van der Waals surface area contributed by atoms with Crippen LogP contribution in [0.2, 0.25) is 0 Å². The first-order chi connectivity index (χ1) is 15.7. The Balaban J connectivity index is 1.68. The van der Waals surface area contributed by atoms with E-state index in [0.29, 0.717) is 18.8 Å². The van der Waals surface area contributed by atoms with Crippen LogP contribution in [0, 0.1) is 0 Å². The van der Waals surface area contributed by atoms with E-state index >= 15 is 0 Å².